The van der Waals surface area contributed by atoms with Crippen LogP contribution in [0.1, 0.15) is 13.8 Å². The van der Waals surface area contributed by atoms with Crippen molar-refractivity contribution in [2.24, 2.45) is 5.92 Å². The maximum Gasteiger partial charge on any atom is 0.334 e. The van der Waals surface area contributed by atoms with Crippen LogP contribution in [0.15, 0.2) is 35.2 Å². The molecule has 1 aromatic heterocycles. The van der Waals surface area contributed by atoms with Gasteiger partial charge < -0.3 is 14.8 Å². The van der Waals surface area contributed by atoms with E-state index in [1.165, 1.54) is 58.6 Å². The molecule has 0 atom stereocenters. The summed E-state index contributed by atoms with van der Waals surface area (Å²) in [5, 5.41) is 4.91. The van der Waals surface area contributed by atoms with Crippen molar-refractivity contribution < 1.29 is 32.3 Å². The molecule has 0 radical (unpaired) electrons. The number of urea groups is 1. The molecule has 0 fully saturated rings. The van der Waals surface area contributed by atoms with E-state index in [9.17, 15) is 22.8 Å². The Hall–Kier alpha value is -3.71. The van der Waals surface area contributed by atoms with Crippen LogP contribution in [0, 0.1) is 5.92 Å². The van der Waals surface area contributed by atoms with E-state index in [1.807, 2.05) is 4.72 Å². The van der Waals surface area contributed by atoms with E-state index < -0.39 is 20.5 Å². The fourth-order valence-corrected chi connectivity index (χ4v) is 3.98. The van der Waals surface area contributed by atoms with Crippen LogP contribution in [-0.2, 0) is 19.6 Å². The highest BCUT2D eigenvalue weighted by molar-refractivity contribution is 7.90. The summed E-state index contributed by atoms with van der Waals surface area (Å²) >= 11 is 0. The van der Waals surface area contributed by atoms with E-state index in [1.54, 1.807) is 13.8 Å². The molecule has 4 amide bonds. The molecule has 0 spiro atoms. The lowest BCUT2D eigenvalue weighted by atomic mass is 10.2. The van der Waals surface area contributed by atoms with E-state index in [-0.39, 0.29) is 39.8 Å². The summed E-state index contributed by atoms with van der Waals surface area (Å²) in [6, 6.07) is 5.79. The summed E-state index contributed by atoms with van der Waals surface area (Å²) in [6.07, 6.45) is 0.535. The molecule has 12 nitrogen and oxygen atoms in total. The van der Waals surface area contributed by atoms with Gasteiger partial charge in [0.15, 0.2) is 10.6 Å². The van der Waals surface area contributed by atoms with E-state index in [2.05, 4.69) is 15.6 Å². The quantitative estimate of drug-likeness (QED) is 0.353. The van der Waals surface area contributed by atoms with E-state index >= 15 is 0 Å². The SMILES string of the molecule is COc1cc(NC(=O)NS(=O)(=O)c2cc(NC(=O)C(C)C)ccc2[N+](C)(C)C=O)nc(OC)c1. The summed E-state index contributed by atoms with van der Waals surface area (Å²) < 4.78 is 37.9. The number of pyridine rings is 1. The zero-order valence-corrected chi connectivity index (χ0v) is 20.5. The number of aromatic nitrogens is 1. The van der Waals surface area contributed by atoms with Crippen molar-refractivity contribution in [1.82, 2.24) is 14.2 Å². The lowest BCUT2D eigenvalue weighted by molar-refractivity contribution is -0.119. The largest absolute Gasteiger partial charge is 0.496 e. The number of methoxy groups -OCH3 is 2. The third-order valence-corrected chi connectivity index (χ3v) is 5.97. The highest BCUT2D eigenvalue weighted by Gasteiger charge is 2.31. The number of ether oxygens (including phenoxy) is 2. The molecule has 2 rings (SSSR count). The molecule has 13 heteroatoms. The van der Waals surface area contributed by atoms with Gasteiger partial charge in [0.1, 0.15) is 11.6 Å². The standard InChI is InChI=1S/C21H27N5O7S/c1-13(2)20(28)22-14-7-8-16(26(3,4)12-27)17(9-14)34(30,31)25-21(29)24-18-10-15(32-5)11-19(23-18)33-6/h7-13H,1-6H3,(H2-,22,23,24,25,28,29)/p+1. The van der Waals surface area contributed by atoms with E-state index in [0.717, 1.165) is 0 Å². The second kappa shape index (κ2) is 10.5. The van der Waals surface area contributed by atoms with Crippen molar-refractivity contribution in [3.8, 4) is 11.6 Å². The van der Waals surface area contributed by atoms with Crippen molar-refractivity contribution in [3.05, 3.63) is 30.3 Å². The maximum absolute atomic E-state index is 13.2. The Morgan fingerprint density at radius 2 is 1.74 bits per heavy atom. The van der Waals surface area contributed by atoms with Gasteiger partial charge in [-0.25, -0.2) is 27.2 Å². The van der Waals surface area contributed by atoms with Gasteiger partial charge in [-0.15, -0.1) is 0 Å². The number of amides is 4. The zero-order valence-electron chi connectivity index (χ0n) is 19.7. The molecule has 0 unspecified atom stereocenters. The third-order valence-electron chi connectivity index (χ3n) is 4.61. The Kier molecular flexibility index (Phi) is 8.18. The Labute approximate surface area is 197 Å². The van der Waals surface area contributed by atoms with Crippen LogP contribution in [0.4, 0.5) is 22.0 Å². The Balaban J connectivity index is 2.42. The summed E-state index contributed by atoms with van der Waals surface area (Å²) in [7, 11) is 1.23. The first-order valence-electron chi connectivity index (χ1n) is 10.0. The topological polar surface area (TPSA) is 153 Å². The van der Waals surface area contributed by atoms with Gasteiger partial charge in [0.25, 0.3) is 10.0 Å². The smallest absolute Gasteiger partial charge is 0.334 e. The molecule has 2 aromatic rings. The first kappa shape index (κ1) is 26.5. The van der Waals surface area contributed by atoms with Crippen LogP contribution in [0.3, 0.4) is 0 Å². The van der Waals surface area contributed by atoms with Crippen molar-refractivity contribution in [2.75, 3.05) is 38.9 Å². The number of sulfonamides is 1. The van der Waals surface area contributed by atoms with E-state index in [4.69, 9.17) is 9.47 Å². The number of hydrogen-bond acceptors (Lipinski definition) is 8. The molecular weight excluding hydrogens is 466 g/mol. The summed E-state index contributed by atoms with van der Waals surface area (Å²) in [4.78, 5) is 39.8. The minimum absolute atomic E-state index is 0.0222. The summed E-state index contributed by atoms with van der Waals surface area (Å²) in [5.41, 5.74) is 0.271. The molecule has 0 aliphatic carbocycles. The van der Waals surface area contributed by atoms with Gasteiger partial charge in [0, 0.05) is 29.8 Å². The number of carbonyl (C=O) groups excluding carboxylic acids is 3. The minimum Gasteiger partial charge on any atom is -0.496 e. The number of benzene rings is 1. The minimum atomic E-state index is -4.49. The predicted molar refractivity (Wildman–Crippen MR) is 126 cm³/mol. The molecule has 34 heavy (non-hydrogen) atoms. The van der Waals surface area contributed by atoms with Crippen molar-refractivity contribution in [1.29, 1.82) is 0 Å². The number of quaternary nitrogens is 1. The number of nitrogens with zero attached hydrogens (tertiary/aromatic N) is 2. The average molecular weight is 495 g/mol. The van der Waals surface area contributed by atoms with Crippen LogP contribution >= 0.6 is 0 Å². The van der Waals surface area contributed by atoms with Gasteiger partial charge in [-0.2, -0.15) is 4.98 Å². The first-order valence-corrected chi connectivity index (χ1v) is 11.5. The second-order valence-electron chi connectivity index (χ2n) is 7.97. The highest BCUT2D eigenvalue weighted by atomic mass is 32.2. The molecule has 3 N–H and O–H groups in total. The Morgan fingerprint density at radius 3 is 2.29 bits per heavy atom. The zero-order chi connectivity index (χ0) is 25.7. The molecule has 184 valence electrons. The lowest BCUT2D eigenvalue weighted by Crippen LogP contribution is -2.41. The molecular formula is C21H28N5O7S+. The number of carbonyl (C=O) groups is 3. The Morgan fingerprint density at radius 1 is 1.06 bits per heavy atom. The van der Waals surface area contributed by atoms with Crippen LogP contribution < -0.4 is 29.3 Å². The number of anilines is 2. The normalized spacial score (nSPS) is 11.5. The van der Waals surface area contributed by atoms with Crippen LogP contribution in [0.2, 0.25) is 0 Å². The highest BCUT2D eigenvalue weighted by Crippen LogP contribution is 2.31. The van der Waals surface area contributed by atoms with Crippen LogP contribution in [-0.4, -0.2) is 60.1 Å². The predicted octanol–water partition coefficient (Wildman–Crippen LogP) is 1.93. The molecule has 0 aliphatic heterocycles. The summed E-state index contributed by atoms with van der Waals surface area (Å²) in [5.74, 6) is -0.238. The molecule has 0 aliphatic rings. The molecule has 0 bridgehead atoms. The van der Waals surface area contributed by atoms with Gasteiger partial charge in [-0.3, -0.25) is 10.1 Å². The van der Waals surface area contributed by atoms with Crippen LogP contribution in [0.25, 0.3) is 0 Å². The molecule has 0 saturated carbocycles. The van der Waals surface area contributed by atoms with Crippen molar-refractivity contribution >= 4 is 45.6 Å². The second-order valence-corrected chi connectivity index (χ2v) is 9.62. The monoisotopic (exact) mass is 494 g/mol. The summed E-state index contributed by atoms with van der Waals surface area (Å²) in [6.45, 7) is 3.36. The van der Waals surface area contributed by atoms with E-state index in [0.29, 0.717) is 12.2 Å². The molecule has 1 heterocycles. The van der Waals surface area contributed by atoms with Gasteiger partial charge in [-0.1, -0.05) is 13.8 Å². The number of nitrogens with one attached hydrogen (secondary N) is 3. The lowest BCUT2D eigenvalue weighted by Gasteiger charge is -2.24. The van der Waals surface area contributed by atoms with Gasteiger partial charge >= 0.3 is 12.4 Å². The van der Waals surface area contributed by atoms with Crippen molar-refractivity contribution in [2.45, 2.75) is 18.7 Å². The van der Waals surface area contributed by atoms with Gasteiger partial charge in [-0.05, 0) is 12.1 Å². The Bertz CT molecular complexity index is 1170. The first-order chi connectivity index (χ1) is 15.8. The fourth-order valence-electron chi connectivity index (χ4n) is 2.71. The van der Waals surface area contributed by atoms with Crippen LogP contribution in [0.5, 0.6) is 11.6 Å². The third kappa shape index (κ3) is 6.42. The number of hydrogen-bond donors (Lipinski definition) is 3. The molecule has 1 aromatic carbocycles. The maximum atomic E-state index is 13.2. The average Bonchev–Trinajstić information content (AvgIpc) is 2.77. The van der Waals surface area contributed by atoms with Gasteiger partial charge in [0.2, 0.25) is 11.8 Å². The van der Waals surface area contributed by atoms with Crippen molar-refractivity contribution in [3.63, 3.8) is 0 Å². The number of rotatable bonds is 9. The van der Waals surface area contributed by atoms with Gasteiger partial charge in [0.05, 0.1) is 28.3 Å². The fraction of sp³-hybridized carbons (Fsp3) is 0.333. The molecule has 0 saturated heterocycles.